The van der Waals surface area contributed by atoms with Gasteiger partial charge in [0, 0.05) is 18.0 Å². The first-order valence-corrected chi connectivity index (χ1v) is 10.9. The first-order chi connectivity index (χ1) is 15.7. The van der Waals surface area contributed by atoms with Crippen molar-refractivity contribution < 1.29 is 14.3 Å². The number of ether oxygens (including phenoxy) is 2. The molecule has 0 unspecified atom stereocenters. The molecule has 2 aromatic heterocycles. The Morgan fingerprint density at radius 2 is 1.84 bits per heavy atom. The van der Waals surface area contributed by atoms with E-state index in [2.05, 4.69) is 15.3 Å². The molecule has 0 saturated carbocycles. The highest BCUT2D eigenvalue weighted by Gasteiger charge is 2.16. The number of rotatable bonds is 5. The van der Waals surface area contributed by atoms with Crippen LogP contribution in [0.3, 0.4) is 0 Å². The molecule has 4 aromatic rings. The van der Waals surface area contributed by atoms with Crippen LogP contribution >= 0.6 is 11.8 Å². The summed E-state index contributed by atoms with van der Waals surface area (Å²) in [7, 11) is 0. The Labute approximate surface area is 187 Å². The highest BCUT2D eigenvalue weighted by molar-refractivity contribution is 7.99. The summed E-state index contributed by atoms with van der Waals surface area (Å²) in [5, 5.41) is 3.66. The van der Waals surface area contributed by atoms with E-state index in [4.69, 9.17) is 9.47 Å². The van der Waals surface area contributed by atoms with Crippen LogP contribution in [0.15, 0.2) is 76.8 Å². The van der Waals surface area contributed by atoms with Crippen molar-refractivity contribution in [3.8, 4) is 17.2 Å². The maximum absolute atomic E-state index is 13.2. The van der Waals surface area contributed by atoms with Gasteiger partial charge in [0.2, 0.25) is 5.91 Å². The highest BCUT2D eigenvalue weighted by Crippen LogP contribution is 2.32. The van der Waals surface area contributed by atoms with Crippen LogP contribution in [0, 0.1) is 0 Å². The predicted octanol–water partition coefficient (Wildman–Crippen LogP) is 3.28. The van der Waals surface area contributed by atoms with Crippen LogP contribution < -0.4 is 20.3 Å². The number of nitrogens with zero attached hydrogens (tertiary/aromatic N) is 3. The minimum atomic E-state index is -0.235. The molecule has 1 N–H and O–H groups in total. The third-order valence-corrected chi connectivity index (χ3v) is 5.72. The van der Waals surface area contributed by atoms with E-state index >= 15 is 0 Å². The molecule has 9 heteroatoms. The van der Waals surface area contributed by atoms with Gasteiger partial charge >= 0.3 is 0 Å². The molecule has 5 rings (SSSR count). The number of hydrogen-bond donors (Lipinski definition) is 1. The van der Waals surface area contributed by atoms with E-state index < -0.39 is 0 Å². The Morgan fingerprint density at radius 1 is 1.03 bits per heavy atom. The number of pyridine rings is 1. The Bertz CT molecular complexity index is 1360. The first kappa shape index (κ1) is 20.1. The van der Waals surface area contributed by atoms with Crippen LogP contribution in [0.4, 0.5) is 5.69 Å². The van der Waals surface area contributed by atoms with Crippen LogP contribution in [0.5, 0.6) is 11.5 Å². The molecule has 1 aliphatic heterocycles. The number of para-hydroxylation sites is 1. The number of nitrogens with one attached hydrogen (secondary N) is 1. The van der Waals surface area contributed by atoms with E-state index in [-0.39, 0.29) is 17.2 Å². The van der Waals surface area contributed by atoms with Crippen molar-refractivity contribution in [2.24, 2.45) is 0 Å². The zero-order chi connectivity index (χ0) is 21.9. The van der Waals surface area contributed by atoms with E-state index in [1.807, 2.05) is 30.3 Å². The Balaban J connectivity index is 1.40. The van der Waals surface area contributed by atoms with Crippen LogP contribution in [-0.2, 0) is 4.79 Å². The predicted molar refractivity (Wildman–Crippen MR) is 122 cm³/mol. The second-order valence-electron chi connectivity index (χ2n) is 6.94. The van der Waals surface area contributed by atoms with Crippen molar-refractivity contribution in [2.75, 3.05) is 24.3 Å². The van der Waals surface area contributed by atoms with Gasteiger partial charge in [-0.1, -0.05) is 30.0 Å². The van der Waals surface area contributed by atoms with Gasteiger partial charge in [-0.25, -0.2) is 9.97 Å². The van der Waals surface area contributed by atoms with Crippen LogP contribution in [0.2, 0.25) is 0 Å². The lowest BCUT2D eigenvalue weighted by Gasteiger charge is -2.19. The number of carbonyl (C=O) groups excluding carboxylic acids is 1. The molecule has 0 saturated heterocycles. The summed E-state index contributed by atoms with van der Waals surface area (Å²) < 4.78 is 12.6. The van der Waals surface area contributed by atoms with Crippen molar-refractivity contribution in [2.45, 2.75) is 5.16 Å². The quantitative estimate of drug-likeness (QED) is 0.371. The summed E-state index contributed by atoms with van der Waals surface area (Å²) in [5.74, 6) is 1.08. The number of carbonyl (C=O) groups is 1. The zero-order valence-electron chi connectivity index (χ0n) is 16.9. The second-order valence-corrected chi connectivity index (χ2v) is 7.88. The molecule has 0 aliphatic carbocycles. The number of anilines is 1. The Hall–Kier alpha value is -3.85. The van der Waals surface area contributed by atoms with Crippen LogP contribution in [0.25, 0.3) is 16.7 Å². The fourth-order valence-electron chi connectivity index (χ4n) is 3.35. The summed E-state index contributed by atoms with van der Waals surface area (Å²) in [6, 6.07) is 17.9. The fraction of sp³-hybridized carbons (Fsp3) is 0.130. The monoisotopic (exact) mass is 446 g/mol. The molecule has 0 atom stereocenters. The molecule has 0 radical (unpaired) electrons. The second kappa shape index (κ2) is 8.72. The Morgan fingerprint density at radius 3 is 2.69 bits per heavy atom. The van der Waals surface area contributed by atoms with Crippen LogP contribution in [-0.4, -0.2) is 39.4 Å². The van der Waals surface area contributed by atoms with Gasteiger partial charge in [0.1, 0.15) is 13.2 Å². The topological polar surface area (TPSA) is 95.3 Å². The molecule has 0 spiro atoms. The lowest BCUT2D eigenvalue weighted by atomic mass is 10.2. The Kier molecular flexibility index (Phi) is 5.47. The zero-order valence-corrected chi connectivity index (χ0v) is 17.7. The van der Waals surface area contributed by atoms with Gasteiger partial charge in [0.25, 0.3) is 5.56 Å². The summed E-state index contributed by atoms with van der Waals surface area (Å²) in [5.41, 5.74) is 1.39. The van der Waals surface area contributed by atoms with E-state index in [0.29, 0.717) is 52.3 Å². The fourth-order valence-corrected chi connectivity index (χ4v) is 4.15. The van der Waals surface area contributed by atoms with E-state index in [0.717, 1.165) is 0 Å². The number of aromatic nitrogens is 3. The maximum atomic E-state index is 13.2. The summed E-state index contributed by atoms with van der Waals surface area (Å²) >= 11 is 1.17. The first-order valence-electron chi connectivity index (χ1n) is 9.94. The molecule has 8 nitrogen and oxygen atoms in total. The summed E-state index contributed by atoms with van der Waals surface area (Å²) in [6.07, 6.45) is 1.59. The average Bonchev–Trinajstić information content (AvgIpc) is 2.83. The molecule has 0 fully saturated rings. The van der Waals surface area contributed by atoms with Crippen molar-refractivity contribution in [1.82, 2.24) is 14.5 Å². The van der Waals surface area contributed by atoms with Crippen molar-refractivity contribution in [3.05, 3.63) is 77.2 Å². The largest absolute Gasteiger partial charge is 0.486 e. The van der Waals surface area contributed by atoms with Gasteiger partial charge in [-0.15, -0.1) is 0 Å². The number of amides is 1. The van der Waals surface area contributed by atoms with Crippen molar-refractivity contribution in [1.29, 1.82) is 0 Å². The molecule has 3 heterocycles. The number of benzene rings is 2. The lowest BCUT2D eigenvalue weighted by molar-refractivity contribution is -0.113. The maximum Gasteiger partial charge on any atom is 0.268 e. The molecule has 160 valence electrons. The average molecular weight is 446 g/mol. The van der Waals surface area contributed by atoms with E-state index in [1.54, 1.807) is 36.5 Å². The molecule has 1 amide bonds. The molecule has 2 aromatic carbocycles. The van der Waals surface area contributed by atoms with Gasteiger partial charge in [0.15, 0.2) is 22.3 Å². The van der Waals surface area contributed by atoms with E-state index in [9.17, 15) is 9.59 Å². The van der Waals surface area contributed by atoms with Crippen LogP contribution in [0.1, 0.15) is 0 Å². The van der Waals surface area contributed by atoms with Gasteiger partial charge in [-0.05, 0) is 36.4 Å². The minimum Gasteiger partial charge on any atom is -0.486 e. The van der Waals surface area contributed by atoms with Gasteiger partial charge in [-0.2, -0.15) is 0 Å². The lowest BCUT2D eigenvalue weighted by Crippen LogP contribution is -2.23. The summed E-state index contributed by atoms with van der Waals surface area (Å²) in [6.45, 7) is 0.977. The van der Waals surface area contributed by atoms with Crippen molar-refractivity contribution in [3.63, 3.8) is 0 Å². The minimum absolute atomic E-state index is 0.0616. The van der Waals surface area contributed by atoms with Gasteiger partial charge in [0.05, 0.1) is 16.8 Å². The molecule has 1 aliphatic rings. The number of thioether (sulfide) groups is 1. The molecular weight excluding hydrogens is 428 g/mol. The smallest absolute Gasteiger partial charge is 0.268 e. The third-order valence-electron chi connectivity index (χ3n) is 4.79. The summed E-state index contributed by atoms with van der Waals surface area (Å²) in [4.78, 5) is 34.5. The normalized spacial score (nSPS) is 12.5. The SMILES string of the molecule is O=C(CSc1nc2ncccc2c(=O)n1-c1ccccc1)Nc1ccc2c(c1)OCCO2. The third kappa shape index (κ3) is 4.02. The van der Waals surface area contributed by atoms with Gasteiger partial charge < -0.3 is 14.8 Å². The molecule has 32 heavy (non-hydrogen) atoms. The molecule has 0 bridgehead atoms. The standard InChI is InChI=1S/C23H18N4O4S/c28-20(25-15-8-9-18-19(13-15)31-12-11-30-18)14-32-23-26-21-17(7-4-10-24-21)22(29)27(23)16-5-2-1-3-6-16/h1-10,13H,11-12,14H2,(H,25,28). The number of hydrogen-bond acceptors (Lipinski definition) is 7. The van der Waals surface area contributed by atoms with Gasteiger partial charge in [-0.3, -0.25) is 14.2 Å². The molecular formula is C23H18N4O4S. The van der Waals surface area contributed by atoms with Crippen molar-refractivity contribution >= 4 is 34.4 Å². The highest BCUT2D eigenvalue weighted by atomic mass is 32.2. The number of fused-ring (bicyclic) bond motifs is 2. The van der Waals surface area contributed by atoms with E-state index in [1.165, 1.54) is 16.3 Å².